The Balaban J connectivity index is 2.15. The Labute approximate surface area is 111 Å². The molecule has 0 bridgehead atoms. The van der Waals surface area contributed by atoms with Crippen LogP contribution >= 0.6 is 11.3 Å². The van der Waals surface area contributed by atoms with E-state index in [0.29, 0.717) is 6.42 Å². The summed E-state index contributed by atoms with van der Waals surface area (Å²) in [7, 11) is 0. The molecule has 3 heteroatoms. The molecule has 1 aromatic heterocycles. The second kappa shape index (κ2) is 5.63. The molecule has 0 saturated heterocycles. The van der Waals surface area contributed by atoms with Crippen molar-refractivity contribution in [3.8, 4) is 0 Å². The van der Waals surface area contributed by atoms with Crippen molar-refractivity contribution in [3.63, 3.8) is 0 Å². The minimum atomic E-state index is -0.191. The van der Waals surface area contributed by atoms with Crippen LogP contribution in [0.1, 0.15) is 33.8 Å². The molecule has 0 radical (unpaired) electrons. The zero-order valence-corrected chi connectivity index (χ0v) is 11.6. The van der Waals surface area contributed by atoms with Crippen molar-refractivity contribution in [1.82, 2.24) is 0 Å². The number of aryl methyl sites for hydroxylation is 2. The molecule has 0 aliphatic carbocycles. The van der Waals surface area contributed by atoms with E-state index < -0.39 is 0 Å². The second-order valence-electron chi connectivity index (χ2n) is 4.54. The molecule has 1 aromatic carbocycles. The van der Waals surface area contributed by atoms with Crippen molar-refractivity contribution in [3.05, 3.63) is 57.0 Å². The third kappa shape index (κ3) is 2.98. The number of thiophene rings is 1. The predicted octanol–water partition coefficient (Wildman–Crippen LogP) is 4.00. The van der Waals surface area contributed by atoms with Gasteiger partial charge in [0, 0.05) is 15.8 Å². The topological polar surface area (TPSA) is 26.0 Å². The molecule has 0 amide bonds. The summed E-state index contributed by atoms with van der Waals surface area (Å²) >= 11 is 1.75. The fraction of sp³-hybridized carbons (Fsp3) is 0.333. The minimum absolute atomic E-state index is 0.0456. The number of hydrogen-bond acceptors (Lipinski definition) is 2. The van der Waals surface area contributed by atoms with Crippen LogP contribution in [0.5, 0.6) is 0 Å². The van der Waals surface area contributed by atoms with Crippen LogP contribution < -0.4 is 5.73 Å². The van der Waals surface area contributed by atoms with Gasteiger partial charge >= 0.3 is 0 Å². The average molecular weight is 263 g/mol. The number of halogens is 1. The first-order valence-corrected chi connectivity index (χ1v) is 7.01. The fourth-order valence-corrected chi connectivity index (χ4v) is 2.94. The molecule has 2 aromatic rings. The first kappa shape index (κ1) is 13.2. The van der Waals surface area contributed by atoms with Crippen LogP contribution in [0.25, 0.3) is 0 Å². The van der Waals surface area contributed by atoms with Crippen molar-refractivity contribution >= 4 is 11.3 Å². The highest BCUT2D eigenvalue weighted by molar-refractivity contribution is 7.12. The lowest BCUT2D eigenvalue weighted by Crippen LogP contribution is -2.12. The normalized spacial score (nSPS) is 12.7. The van der Waals surface area contributed by atoms with E-state index >= 15 is 0 Å². The largest absolute Gasteiger partial charge is 0.323 e. The van der Waals surface area contributed by atoms with Gasteiger partial charge in [-0.15, -0.1) is 11.3 Å². The molecular formula is C15H18FNS. The van der Waals surface area contributed by atoms with Gasteiger partial charge in [-0.25, -0.2) is 4.39 Å². The van der Waals surface area contributed by atoms with E-state index in [2.05, 4.69) is 19.1 Å². The highest BCUT2D eigenvalue weighted by Gasteiger charge is 2.11. The van der Waals surface area contributed by atoms with Gasteiger partial charge in [-0.05, 0) is 55.2 Å². The maximum Gasteiger partial charge on any atom is 0.123 e. The van der Waals surface area contributed by atoms with E-state index in [1.807, 2.05) is 13.0 Å². The molecule has 1 heterocycles. The molecule has 0 spiro atoms. The highest BCUT2D eigenvalue weighted by Crippen LogP contribution is 2.26. The van der Waals surface area contributed by atoms with E-state index in [9.17, 15) is 4.39 Å². The van der Waals surface area contributed by atoms with Crippen LogP contribution in [0.3, 0.4) is 0 Å². The average Bonchev–Trinajstić information content (AvgIpc) is 2.82. The summed E-state index contributed by atoms with van der Waals surface area (Å²) in [6, 6.07) is 9.05. The number of nitrogens with two attached hydrogens (primary N) is 1. The summed E-state index contributed by atoms with van der Waals surface area (Å²) in [4.78, 5) is 2.52. The van der Waals surface area contributed by atoms with E-state index in [1.165, 1.54) is 15.8 Å². The standard InChI is InChI=1S/C15H18FNS/c1-3-13-6-7-15(18-13)14(17)9-11-8-12(16)5-4-10(11)2/h4-8,14H,3,9,17H2,1-2H3. The fourth-order valence-electron chi connectivity index (χ4n) is 1.98. The van der Waals surface area contributed by atoms with Gasteiger partial charge in [0.25, 0.3) is 0 Å². The van der Waals surface area contributed by atoms with Gasteiger partial charge in [-0.2, -0.15) is 0 Å². The minimum Gasteiger partial charge on any atom is -0.323 e. The van der Waals surface area contributed by atoms with Crippen LogP contribution in [0.4, 0.5) is 4.39 Å². The van der Waals surface area contributed by atoms with Crippen LogP contribution in [-0.2, 0) is 12.8 Å². The molecule has 0 fully saturated rings. The lowest BCUT2D eigenvalue weighted by Gasteiger charge is -2.12. The highest BCUT2D eigenvalue weighted by atomic mass is 32.1. The van der Waals surface area contributed by atoms with Crippen LogP contribution in [-0.4, -0.2) is 0 Å². The van der Waals surface area contributed by atoms with Gasteiger partial charge < -0.3 is 5.73 Å². The van der Waals surface area contributed by atoms with Crippen LogP contribution in [0.2, 0.25) is 0 Å². The quantitative estimate of drug-likeness (QED) is 0.886. The Kier molecular flexibility index (Phi) is 4.15. The number of benzene rings is 1. The molecule has 2 rings (SSSR count). The molecule has 1 unspecified atom stereocenters. The Hall–Kier alpha value is -1.19. The van der Waals surface area contributed by atoms with Gasteiger partial charge in [-0.3, -0.25) is 0 Å². The van der Waals surface area contributed by atoms with Crippen molar-refractivity contribution < 1.29 is 4.39 Å². The third-order valence-electron chi connectivity index (χ3n) is 3.15. The first-order valence-electron chi connectivity index (χ1n) is 6.19. The number of rotatable bonds is 4. The summed E-state index contributed by atoms with van der Waals surface area (Å²) in [5, 5.41) is 0. The molecule has 0 saturated carbocycles. The molecule has 96 valence electrons. The summed E-state index contributed by atoms with van der Waals surface area (Å²) in [5.74, 6) is -0.191. The first-order chi connectivity index (χ1) is 8.60. The van der Waals surface area contributed by atoms with E-state index in [1.54, 1.807) is 17.4 Å². The van der Waals surface area contributed by atoms with Crippen LogP contribution in [0.15, 0.2) is 30.3 Å². The smallest absolute Gasteiger partial charge is 0.123 e. The predicted molar refractivity (Wildman–Crippen MR) is 75.5 cm³/mol. The maximum atomic E-state index is 13.2. The summed E-state index contributed by atoms with van der Waals surface area (Å²) in [5.41, 5.74) is 8.29. The molecule has 1 nitrogen and oxygen atoms in total. The molecular weight excluding hydrogens is 245 g/mol. The lowest BCUT2D eigenvalue weighted by atomic mass is 10.0. The molecule has 18 heavy (non-hydrogen) atoms. The van der Waals surface area contributed by atoms with Gasteiger partial charge in [0.15, 0.2) is 0 Å². The van der Waals surface area contributed by atoms with Gasteiger partial charge in [0.1, 0.15) is 5.82 Å². The second-order valence-corrected chi connectivity index (χ2v) is 5.74. The third-order valence-corrected chi connectivity index (χ3v) is 4.51. The SMILES string of the molecule is CCc1ccc(C(N)Cc2cc(F)ccc2C)s1. The molecule has 1 atom stereocenters. The lowest BCUT2D eigenvalue weighted by molar-refractivity contribution is 0.621. The van der Waals surface area contributed by atoms with Gasteiger partial charge in [0.05, 0.1) is 0 Å². The van der Waals surface area contributed by atoms with E-state index in [0.717, 1.165) is 17.5 Å². The van der Waals surface area contributed by atoms with Crippen LogP contribution in [0, 0.1) is 12.7 Å². The number of hydrogen-bond donors (Lipinski definition) is 1. The Morgan fingerprint density at radius 2 is 2.06 bits per heavy atom. The van der Waals surface area contributed by atoms with Crippen molar-refractivity contribution in [2.24, 2.45) is 5.73 Å². The molecule has 0 aliphatic heterocycles. The zero-order valence-electron chi connectivity index (χ0n) is 10.7. The summed E-state index contributed by atoms with van der Waals surface area (Å²) in [6.45, 7) is 4.13. The summed E-state index contributed by atoms with van der Waals surface area (Å²) < 4.78 is 13.2. The summed E-state index contributed by atoms with van der Waals surface area (Å²) in [6.07, 6.45) is 1.73. The Morgan fingerprint density at radius 1 is 1.28 bits per heavy atom. The van der Waals surface area contributed by atoms with E-state index in [4.69, 9.17) is 5.73 Å². The van der Waals surface area contributed by atoms with E-state index in [-0.39, 0.29) is 11.9 Å². The molecule has 2 N–H and O–H groups in total. The Morgan fingerprint density at radius 3 is 2.72 bits per heavy atom. The monoisotopic (exact) mass is 263 g/mol. The Bertz CT molecular complexity index is 533. The van der Waals surface area contributed by atoms with Gasteiger partial charge in [0.2, 0.25) is 0 Å². The maximum absolute atomic E-state index is 13.2. The van der Waals surface area contributed by atoms with Crippen molar-refractivity contribution in [2.45, 2.75) is 32.7 Å². The zero-order chi connectivity index (χ0) is 13.1. The van der Waals surface area contributed by atoms with Gasteiger partial charge in [-0.1, -0.05) is 13.0 Å². The van der Waals surface area contributed by atoms with Crippen molar-refractivity contribution in [2.75, 3.05) is 0 Å². The molecule has 0 aliphatic rings. The van der Waals surface area contributed by atoms with Crippen molar-refractivity contribution in [1.29, 1.82) is 0 Å².